The molecule has 1 aromatic rings. The molecule has 0 unspecified atom stereocenters. The normalized spacial score (nSPS) is 14.7. The molecular weight excluding hydrogens is 250 g/mol. The summed E-state index contributed by atoms with van der Waals surface area (Å²) in [7, 11) is 0. The Bertz CT molecular complexity index is 507. The van der Waals surface area contributed by atoms with Crippen LogP contribution in [0.15, 0.2) is 24.3 Å². The highest BCUT2D eigenvalue weighted by Gasteiger charge is 2.21. The molecule has 0 bridgehead atoms. The van der Waals surface area contributed by atoms with E-state index in [2.05, 4.69) is 17.2 Å². The number of hydrogen-bond donors (Lipinski definition) is 2. The summed E-state index contributed by atoms with van der Waals surface area (Å²) in [5, 5.41) is 11.7. The van der Waals surface area contributed by atoms with Crippen molar-refractivity contribution >= 4 is 5.91 Å². The summed E-state index contributed by atoms with van der Waals surface area (Å²) in [5.41, 5.74) is 1.98. The molecule has 1 aromatic carbocycles. The fourth-order valence-corrected chi connectivity index (χ4v) is 2.50. The van der Waals surface area contributed by atoms with Crippen molar-refractivity contribution in [1.82, 2.24) is 5.32 Å². The minimum Gasteiger partial charge on any atom is -0.395 e. The fraction of sp³-hybridized carbons (Fsp3) is 0.471. The molecule has 2 N–H and O–H groups in total. The predicted octanol–water partition coefficient (Wildman–Crippen LogP) is 2.23. The quantitative estimate of drug-likeness (QED) is 0.825. The molecule has 2 rings (SSSR count). The molecule has 1 aliphatic carbocycles. The molecule has 0 aromatic heterocycles. The third kappa shape index (κ3) is 4.40. The van der Waals surface area contributed by atoms with Gasteiger partial charge in [0.25, 0.3) is 0 Å². The molecule has 0 aliphatic heterocycles. The fourth-order valence-electron chi connectivity index (χ4n) is 2.50. The standard InChI is InChI=1S/C17H21NO2/c19-11-4-3-6-14-7-5-8-15(12-14)13-18-17(20)16-9-1-2-10-16/h5,7-8,12,16,19H,1-2,4,9-11,13H2,(H,18,20). The topological polar surface area (TPSA) is 49.3 Å². The minimum atomic E-state index is 0.0874. The summed E-state index contributed by atoms with van der Waals surface area (Å²) < 4.78 is 0. The van der Waals surface area contributed by atoms with Crippen molar-refractivity contribution in [3.63, 3.8) is 0 Å². The van der Waals surface area contributed by atoms with Gasteiger partial charge < -0.3 is 10.4 Å². The first-order valence-corrected chi connectivity index (χ1v) is 7.26. The molecule has 0 radical (unpaired) electrons. The van der Waals surface area contributed by atoms with Gasteiger partial charge >= 0.3 is 0 Å². The van der Waals surface area contributed by atoms with Crippen molar-refractivity contribution < 1.29 is 9.90 Å². The second-order valence-electron chi connectivity index (χ2n) is 5.17. The highest BCUT2D eigenvalue weighted by Crippen LogP contribution is 2.24. The monoisotopic (exact) mass is 271 g/mol. The van der Waals surface area contributed by atoms with Crippen LogP contribution in [-0.4, -0.2) is 17.6 Å². The molecule has 106 valence electrons. The zero-order valence-electron chi connectivity index (χ0n) is 11.7. The van der Waals surface area contributed by atoms with Gasteiger partial charge in [0.1, 0.15) is 0 Å². The summed E-state index contributed by atoms with van der Waals surface area (Å²) >= 11 is 0. The number of benzene rings is 1. The first kappa shape index (κ1) is 14.6. The number of aliphatic hydroxyl groups excluding tert-OH is 1. The van der Waals surface area contributed by atoms with Crippen molar-refractivity contribution in [2.45, 2.75) is 38.6 Å². The summed E-state index contributed by atoms with van der Waals surface area (Å²) in [4.78, 5) is 11.9. The zero-order valence-corrected chi connectivity index (χ0v) is 11.7. The lowest BCUT2D eigenvalue weighted by atomic mass is 10.1. The summed E-state index contributed by atoms with van der Waals surface area (Å²) in [6.07, 6.45) is 4.89. The van der Waals surface area contributed by atoms with Crippen LogP contribution in [0.4, 0.5) is 0 Å². The Morgan fingerprint density at radius 1 is 1.35 bits per heavy atom. The third-order valence-corrected chi connectivity index (χ3v) is 3.59. The van der Waals surface area contributed by atoms with E-state index in [9.17, 15) is 4.79 Å². The summed E-state index contributed by atoms with van der Waals surface area (Å²) in [6, 6.07) is 7.86. The first-order chi connectivity index (χ1) is 9.79. The van der Waals surface area contributed by atoms with E-state index >= 15 is 0 Å². The van der Waals surface area contributed by atoms with Gasteiger partial charge in [-0.2, -0.15) is 0 Å². The number of aliphatic hydroxyl groups is 1. The Morgan fingerprint density at radius 3 is 2.90 bits per heavy atom. The zero-order chi connectivity index (χ0) is 14.2. The van der Waals surface area contributed by atoms with E-state index in [0.29, 0.717) is 13.0 Å². The van der Waals surface area contributed by atoms with Crippen molar-refractivity contribution in [3.05, 3.63) is 35.4 Å². The SMILES string of the molecule is O=C(NCc1cccc(C#CCCO)c1)C1CCCC1. The Morgan fingerprint density at radius 2 is 2.15 bits per heavy atom. The van der Waals surface area contributed by atoms with E-state index in [0.717, 1.165) is 24.0 Å². The second kappa shape index (κ2) is 7.72. The lowest BCUT2D eigenvalue weighted by Crippen LogP contribution is -2.28. The predicted molar refractivity (Wildman–Crippen MR) is 78.8 cm³/mol. The lowest BCUT2D eigenvalue weighted by Gasteiger charge is -2.10. The molecule has 1 amide bonds. The van der Waals surface area contributed by atoms with E-state index in [1.165, 1.54) is 12.8 Å². The van der Waals surface area contributed by atoms with E-state index < -0.39 is 0 Å². The Hall–Kier alpha value is -1.79. The molecular formula is C17H21NO2. The van der Waals surface area contributed by atoms with Gasteiger partial charge in [0.15, 0.2) is 0 Å². The molecule has 1 aliphatic rings. The van der Waals surface area contributed by atoms with Crippen LogP contribution in [0, 0.1) is 17.8 Å². The highest BCUT2D eigenvalue weighted by atomic mass is 16.2. The molecule has 3 nitrogen and oxygen atoms in total. The number of carbonyl (C=O) groups is 1. The van der Waals surface area contributed by atoms with Crippen LogP contribution in [-0.2, 0) is 11.3 Å². The van der Waals surface area contributed by atoms with Crippen LogP contribution < -0.4 is 5.32 Å². The average molecular weight is 271 g/mol. The number of carbonyl (C=O) groups excluding carboxylic acids is 1. The Balaban J connectivity index is 1.88. The number of nitrogens with one attached hydrogen (secondary N) is 1. The third-order valence-electron chi connectivity index (χ3n) is 3.59. The molecule has 0 atom stereocenters. The number of rotatable bonds is 4. The van der Waals surface area contributed by atoms with Gasteiger partial charge in [-0.15, -0.1) is 0 Å². The van der Waals surface area contributed by atoms with E-state index in [1.54, 1.807) is 0 Å². The van der Waals surface area contributed by atoms with Crippen molar-refractivity contribution in [1.29, 1.82) is 0 Å². The van der Waals surface area contributed by atoms with Crippen LogP contribution >= 0.6 is 0 Å². The van der Waals surface area contributed by atoms with Crippen LogP contribution in [0.25, 0.3) is 0 Å². The van der Waals surface area contributed by atoms with Crippen LogP contribution in [0.1, 0.15) is 43.2 Å². The molecule has 1 fully saturated rings. The first-order valence-electron chi connectivity index (χ1n) is 7.26. The maximum absolute atomic E-state index is 11.9. The minimum absolute atomic E-state index is 0.0874. The Labute approximate surface area is 120 Å². The Kier molecular flexibility index (Phi) is 5.64. The molecule has 20 heavy (non-hydrogen) atoms. The number of hydrogen-bond acceptors (Lipinski definition) is 2. The van der Waals surface area contributed by atoms with Gasteiger partial charge in [0.05, 0.1) is 6.61 Å². The van der Waals surface area contributed by atoms with E-state index in [4.69, 9.17) is 5.11 Å². The van der Waals surface area contributed by atoms with Gasteiger partial charge in [-0.05, 0) is 30.5 Å². The average Bonchev–Trinajstić information content (AvgIpc) is 3.00. The second-order valence-corrected chi connectivity index (χ2v) is 5.17. The number of amides is 1. The summed E-state index contributed by atoms with van der Waals surface area (Å²) in [5.74, 6) is 6.30. The van der Waals surface area contributed by atoms with Gasteiger partial charge in [-0.3, -0.25) is 4.79 Å². The van der Waals surface area contributed by atoms with Crippen molar-refractivity contribution in [3.8, 4) is 11.8 Å². The van der Waals surface area contributed by atoms with Gasteiger partial charge in [-0.25, -0.2) is 0 Å². The summed E-state index contributed by atoms with van der Waals surface area (Å²) in [6.45, 7) is 0.648. The largest absolute Gasteiger partial charge is 0.395 e. The van der Waals surface area contributed by atoms with E-state index in [-0.39, 0.29) is 18.4 Å². The molecule has 0 saturated heterocycles. The maximum atomic E-state index is 11.9. The highest BCUT2D eigenvalue weighted by molar-refractivity contribution is 5.78. The van der Waals surface area contributed by atoms with Crippen LogP contribution in [0.5, 0.6) is 0 Å². The lowest BCUT2D eigenvalue weighted by molar-refractivity contribution is -0.124. The molecule has 0 spiro atoms. The molecule has 0 heterocycles. The van der Waals surface area contributed by atoms with Gasteiger partial charge in [0.2, 0.25) is 5.91 Å². The van der Waals surface area contributed by atoms with Crippen LogP contribution in [0.3, 0.4) is 0 Å². The van der Waals surface area contributed by atoms with Crippen molar-refractivity contribution in [2.75, 3.05) is 6.61 Å². The molecule has 1 saturated carbocycles. The van der Waals surface area contributed by atoms with Gasteiger partial charge in [-0.1, -0.05) is 36.8 Å². The van der Waals surface area contributed by atoms with Crippen molar-refractivity contribution in [2.24, 2.45) is 5.92 Å². The maximum Gasteiger partial charge on any atom is 0.223 e. The van der Waals surface area contributed by atoms with Crippen LogP contribution in [0.2, 0.25) is 0 Å². The molecule has 3 heteroatoms. The smallest absolute Gasteiger partial charge is 0.223 e. The van der Waals surface area contributed by atoms with E-state index in [1.807, 2.05) is 24.3 Å². The van der Waals surface area contributed by atoms with Gasteiger partial charge in [0, 0.05) is 24.4 Å².